The van der Waals surface area contributed by atoms with Crippen molar-refractivity contribution in [1.29, 1.82) is 0 Å². The minimum Gasteiger partial charge on any atom is -0.357 e. The number of hydrogen-bond acceptors (Lipinski definition) is 3. The highest BCUT2D eigenvalue weighted by molar-refractivity contribution is 6.31. The van der Waals surface area contributed by atoms with Gasteiger partial charge in [-0.2, -0.15) is 0 Å². The van der Waals surface area contributed by atoms with Gasteiger partial charge in [0.05, 0.1) is 10.7 Å². The lowest BCUT2D eigenvalue weighted by Crippen LogP contribution is -2.24. The van der Waals surface area contributed by atoms with Gasteiger partial charge in [-0.05, 0) is 25.0 Å². The lowest BCUT2D eigenvalue weighted by atomic mass is 10.3. The minimum absolute atomic E-state index is 0.442. The molecule has 1 aliphatic rings. The third-order valence-electron chi connectivity index (χ3n) is 3.04. The lowest BCUT2D eigenvalue weighted by Gasteiger charge is -2.19. The molecule has 0 amide bonds. The summed E-state index contributed by atoms with van der Waals surface area (Å²) in [5.41, 5.74) is 0.936. The second kappa shape index (κ2) is 5.23. The largest absolute Gasteiger partial charge is 0.357 e. The second-order valence-corrected chi connectivity index (χ2v) is 5.38. The van der Waals surface area contributed by atoms with Crippen LogP contribution >= 0.6 is 11.6 Å². The van der Waals surface area contributed by atoms with E-state index in [1.165, 1.54) is 12.8 Å². The fourth-order valence-corrected chi connectivity index (χ4v) is 1.92. The molecule has 0 unspecified atom stereocenters. The average Bonchev–Trinajstić information content (AvgIpc) is 3.10. The van der Waals surface area contributed by atoms with Crippen molar-refractivity contribution in [3.8, 4) is 0 Å². The van der Waals surface area contributed by atoms with Gasteiger partial charge in [0.25, 0.3) is 0 Å². The zero-order valence-electron chi connectivity index (χ0n) is 10.7. The molecule has 1 heterocycles. The van der Waals surface area contributed by atoms with Crippen molar-refractivity contribution in [3.63, 3.8) is 0 Å². The normalized spacial score (nSPS) is 15.4. The van der Waals surface area contributed by atoms with Crippen LogP contribution in [0.1, 0.15) is 32.4 Å². The SMILES string of the molecule is CC(C)NCc1nc(N(C)C2CC2)ccc1Cl. The Hall–Kier alpha value is -0.800. The Balaban J connectivity index is 2.10. The van der Waals surface area contributed by atoms with Gasteiger partial charge in [-0.1, -0.05) is 25.4 Å². The summed E-state index contributed by atoms with van der Waals surface area (Å²) in [7, 11) is 2.10. The topological polar surface area (TPSA) is 28.2 Å². The third kappa shape index (κ3) is 3.33. The fraction of sp³-hybridized carbons (Fsp3) is 0.615. The predicted molar refractivity (Wildman–Crippen MR) is 72.6 cm³/mol. The van der Waals surface area contributed by atoms with Crippen molar-refractivity contribution in [2.45, 2.75) is 45.3 Å². The molecule has 0 atom stereocenters. The zero-order valence-corrected chi connectivity index (χ0v) is 11.5. The molecular weight excluding hydrogens is 234 g/mol. The molecule has 0 aromatic carbocycles. The molecule has 0 spiro atoms. The van der Waals surface area contributed by atoms with Crippen molar-refractivity contribution in [2.24, 2.45) is 0 Å². The molecule has 3 nitrogen and oxygen atoms in total. The van der Waals surface area contributed by atoms with E-state index in [4.69, 9.17) is 11.6 Å². The number of anilines is 1. The quantitative estimate of drug-likeness (QED) is 0.875. The first-order valence-electron chi connectivity index (χ1n) is 6.19. The first-order chi connectivity index (χ1) is 8.08. The third-order valence-corrected chi connectivity index (χ3v) is 3.38. The molecule has 17 heavy (non-hydrogen) atoms. The molecule has 1 aliphatic carbocycles. The fourth-order valence-electron chi connectivity index (χ4n) is 1.74. The summed E-state index contributed by atoms with van der Waals surface area (Å²) in [5.74, 6) is 1.03. The van der Waals surface area contributed by atoms with Crippen molar-refractivity contribution < 1.29 is 0 Å². The van der Waals surface area contributed by atoms with Gasteiger partial charge < -0.3 is 10.2 Å². The maximum atomic E-state index is 6.16. The molecule has 2 rings (SSSR count). The monoisotopic (exact) mass is 253 g/mol. The van der Waals surface area contributed by atoms with Gasteiger partial charge in [0.2, 0.25) is 0 Å². The van der Waals surface area contributed by atoms with Gasteiger partial charge in [-0.3, -0.25) is 0 Å². The molecule has 1 aromatic heterocycles. The summed E-state index contributed by atoms with van der Waals surface area (Å²) in [6.45, 7) is 4.96. The Labute approximate surface area is 108 Å². The van der Waals surface area contributed by atoms with Crippen LogP contribution in [-0.4, -0.2) is 24.1 Å². The van der Waals surface area contributed by atoms with E-state index in [1.54, 1.807) is 0 Å². The standard InChI is InChI=1S/C13H20ClN3/c1-9(2)15-8-12-11(14)6-7-13(16-12)17(3)10-4-5-10/h6-7,9-10,15H,4-5,8H2,1-3H3. The number of halogens is 1. The number of nitrogens with zero attached hydrogens (tertiary/aromatic N) is 2. The predicted octanol–water partition coefficient (Wildman–Crippen LogP) is 2.83. The summed E-state index contributed by atoms with van der Waals surface area (Å²) in [6.07, 6.45) is 2.56. The van der Waals surface area contributed by atoms with E-state index in [9.17, 15) is 0 Å². The van der Waals surface area contributed by atoms with E-state index in [1.807, 2.05) is 12.1 Å². The van der Waals surface area contributed by atoms with Gasteiger partial charge in [-0.25, -0.2) is 4.98 Å². The van der Waals surface area contributed by atoms with Crippen LogP contribution in [0.4, 0.5) is 5.82 Å². The zero-order chi connectivity index (χ0) is 12.4. The summed E-state index contributed by atoms with van der Waals surface area (Å²) in [5, 5.41) is 4.09. The van der Waals surface area contributed by atoms with E-state index >= 15 is 0 Å². The molecule has 94 valence electrons. The van der Waals surface area contributed by atoms with Crippen LogP contribution < -0.4 is 10.2 Å². The molecule has 1 N–H and O–H groups in total. The first kappa shape index (κ1) is 12.7. The van der Waals surface area contributed by atoms with E-state index < -0.39 is 0 Å². The van der Waals surface area contributed by atoms with Crippen LogP contribution in [0.3, 0.4) is 0 Å². The van der Waals surface area contributed by atoms with Crippen LogP contribution in [0, 0.1) is 0 Å². The van der Waals surface area contributed by atoms with Crippen LogP contribution in [0.25, 0.3) is 0 Å². The molecule has 0 aliphatic heterocycles. The molecule has 0 bridgehead atoms. The highest BCUT2D eigenvalue weighted by atomic mass is 35.5. The molecular formula is C13H20ClN3. The lowest BCUT2D eigenvalue weighted by molar-refractivity contribution is 0.581. The Bertz CT molecular complexity index is 388. The van der Waals surface area contributed by atoms with Gasteiger partial charge in [0.1, 0.15) is 5.82 Å². The maximum absolute atomic E-state index is 6.16. The summed E-state index contributed by atoms with van der Waals surface area (Å²) >= 11 is 6.16. The van der Waals surface area contributed by atoms with Gasteiger partial charge >= 0.3 is 0 Å². The van der Waals surface area contributed by atoms with Crippen LogP contribution in [-0.2, 0) is 6.54 Å². The van der Waals surface area contributed by atoms with E-state index in [-0.39, 0.29) is 0 Å². The van der Waals surface area contributed by atoms with Crippen LogP contribution in [0.5, 0.6) is 0 Å². The maximum Gasteiger partial charge on any atom is 0.128 e. The second-order valence-electron chi connectivity index (χ2n) is 4.98. The Morgan fingerprint density at radius 1 is 1.47 bits per heavy atom. The van der Waals surface area contributed by atoms with Crippen LogP contribution in [0.15, 0.2) is 12.1 Å². The van der Waals surface area contributed by atoms with Crippen molar-refractivity contribution >= 4 is 17.4 Å². The molecule has 4 heteroatoms. The van der Waals surface area contributed by atoms with Gasteiger partial charge in [0.15, 0.2) is 0 Å². The van der Waals surface area contributed by atoms with Crippen molar-refractivity contribution in [2.75, 3.05) is 11.9 Å². The molecule has 0 saturated heterocycles. The highest BCUT2D eigenvalue weighted by Gasteiger charge is 2.27. The Morgan fingerprint density at radius 3 is 2.76 bits per heavy atom. The number of nitrogens with one attached hydrogen (secondary N) is 1. The smallest absolute Gasteiger partial charge is 0.128 e. The summed E-state index contributed by atoms with van der Waals surface area (Å²) in [6, 6.07) is 5.06. The Kier molecular flexibility index (Phi) is 3.89. The molecule has 0 radical (unpaired) electrons. The van der Waals surface area contributed by atoms with Crippen LogP contribution in [0.2, 0.25) is 5.02 Å². The molecule has 1 saturated carbocycles. The number of pyridine rings is 1. The molecule has 1 fully saturated rings. The number of aromatic nitrogens is 1. The van der Waals surface area contributed by atoms with E-state index in [0.29, 0.717) is 12.1 Å². The van der Waals surface area contributed by atoms with Gasteiger partial charge in [0, 0.05) is 25.7 Å². The summed E-state index contributed by atoms with van der Waals surface area (Å²) in [4.78, 5) is 6.88. The van der Waals surface area contributed by atoms with Crippen molar-refractivity contribution in [1.82, 2.24) is 10.3 Å². The van der Waals surface area contributed by atoms with E-state index in [2.05, 4.69) is 36.1 Å². The van der Waals surface area contributed by atoms with Gasteiger partial charge in [-0.15, -0.1) is 0 Å². The van der Waals surface area contributed by atoms with E-state index in [0.717, 1.165) is 23.1 Å². The first-order valence-corrected chi connectivity index (χ1v) is 6.57. The molecule has 1 aromatic rings. The minimum atomic E-state index is 0.442. The Morgan fingerprint density at radius 2 is 2.18 bits per heavy atom. The average molecular weight is 254 g/mol. The number of hydrogen-bond donors (Lipinski definition) is 1. The van der Waals surface area contributed by atoms with Crippen molar-refractivity contribution in [3.05, 3.63) is 22.8 Å². The highest BCUT2D eigenvalue weighted by Crippen LogP contribution is 2.30. The number of rotatable bonds is 5. The summed E-state index contributed by atoms with van der Waals surface area (Å²) < 4.78 is 0.